The van der Waals surface area contributed by atoms with Crippen LogP contribution < -0.4 is 11.1 Å². The number of hydrogen-bond acceptors (Lipinski definition) is 5. The minimum absolute atomic E-state index is 0.0417. The van der Waals surface area contributed by atoms with E-state index in [0.717, 1.165) is 11.3 Å². The number of ether oxygens (including phenoxy) is 1. The highest BCUT2D eigenvalue weighted by Gasteiger charge is 2.55. The lowest BCUT2D eigenvalue weighted by molar-refractivity contribution is -0.119. The molecule has 1 aromatic rings. The quantitative estimate of drug-likeness (QED) is 0.767. The van der Waals surface area contributed by atoms with Gasteiger partial charge in [-0.2, -0.15) is 5.26 Å². The lowest BCUT2D eigenvalue weighted by atomic mass is 9.62. The third kappa shape index (κ3) is 1.77. The van der Waals surface area contributed by atoms with E-state index in [0.29, 0.717) is 36.3 Å². The summed E-state index contributed by atoms with van der Waals surface area (Å²) in [4.78, 5) is 13.0. The van der Waals surface area contributed by atoms with Crippen molar-refractivity contribution in [1.82, 2.24) is 0 Å². The van der Waals surface area contributed by atoms with Crippen molar-refractivity contribution in [1.29, 1.82) is 5.26 Å². The molecule has 24 heavy (non-hydrogen) atoms. The van der Waals surface area contributed by atoms with Crippen LogP contribution in [0.5, 0.6) is 0 Å². The number of allylic oxidation sites excluding steroid dienone is 1. The maximum absolute atomic E-state index is 13.0. The summed E-state index contributed by atoms with van der Waals surface area (Å²) in [6, 6.07) is 9.98. The maximum Gasteiger partial charge on any atom is 0.205 e. The van der Waals surface area contributed by atoms with Crippen molar-refractivity contribution < 1.29 is 9.53 Å². The van der Waals surface area contributed by atoms with E-state index in [1.807, 2.05) is 38.1 Å². The second kappa shape index (κ2) is 4.64. The Morgan fingerprint density at radius 2 is 2.04 bits per heavy atom. The number of fused-ring (bicyclic) bond motifs is 3. The second-order valence-electron chi connectivity index (χ2n) is 7.50. The van der Waals surface area contributed by atoms with Gasteiger partial charge in [-0.15, -0.1) is 0 Å². The first kappa shape index (κ1) is 14.8. The summed E-state index contributed by atoms with van der Waals surface area (Å²) in [6.45, 7) is 4.54. The summed E-state index contributed by atoms with van der Waals surface area (Å²) in [5.74, 6) is 0.770. The fourth-order valence-electron chi connectivity index (χ4n) is 4.28. The molecular formula is C19H19N3O2. The largest absolute Gasteiger partial charge is 0.444 e. The van der Waals surface area contributed by atoms with Gasteiger partial charge in [0.2, 0.25) is 5.88 Å². The first-order chi connectivity index (χ1) is 11.4. The molecule has 5 nitrogen and oxygen atoms in total. The number of nitrogens with one attached hydrogen (secondary N) is 1. The highest BCUT2D eigenvalue weighted by atomic mass is 16.5. The average Bonchev–Trinajstić information content (AvgIpc) is 2.86. The van der Waals surface area contributed by atoms with Gasteiger partial charge in [-0.1, -0.05) is 32.0 Å². The normalized spacial score (nSPS) is 27.3. The van der Waals surface area contributed by atoms with Crippen LogP contribution >= 0.6 is 0 Å². The molecule has 122 valence electrons. The van der Waals surface area contributed by atoms with E-state index < -0.39 is 5.41 Å². The van der Waals surface area contributed by atoms with Crippen LogP contribution in [0.15, 0.2) is 47.1 Å². The number of para-hydroxylation sites is 1. The first-order valence-electron chi connectivity index (χ1n) is 8.07. The Morgan fingerprint density at radius 3 is 2.79 bits per heavy atom. The fraction of sp³-hybridized carbons (Fsp3) is 0.368. The Kier molecular flexibility index (Phi) is 2.86. The van der Waals surface area contributed by atoms with Crippen molar-refractivity contribution in [2.75, 3.05) is 11.9 Å². The van der Waals surface area contributed by atoms with E-state index in [9.17, 15) is 10.1 Å². The molecule has 1 atom stereocenters. The predicted octanol–water partition coefficient (Wildman–Crippen LogP) is 2.72. The summed E-state index contributed by atoms with van der Waals surface area (Å²) in [7, 11) is 0. The van der Waals surface area contributed by atoms with Crippen molar-refractivity contribution in [2.45, 2.75) is 32.1 Å². The van der Waals surface area contributed by atoms with Gasteiger partial charge in [0.15, 0.2) is 5.78 Å². The lowest BCUT2D eigenvalue weighted by Crippen LogP contribution is -2.45. The van der Waals surface area contributed by atoms with Gasteiger partial charge in [-0.3, -0.25) is 4.79 Å². The number of rotatable bonds is 0. The lowest BCUT2D eigenvalue weighted by Gasteiger charge is -2.42. The highest BCUT2D eigenvalue weighted by Crippen LogP contribution is 2.54. The number of nitrogens with zero attached hydrogens (tertiary/aromatic N) is 1. The summed E-state index contributed by atoms with van der Waals surface area (Å²) < 4.78 is 5.77. The molecule has 2 aliphatic heterocycles. The van der Waals surface area contributed by atoms with Crippen LogP contribution in [0.2, 0.25) is 0 Å². The Morgan fingerprint density at radius 1 is 1.29 bits per heavy atom. The van der Waals surface area contributed by atoms with Crippen LogP contribution in [0, 0.1) is 16.7 Å². The van der Waals surface area contributed by atoms with E-state index in [1.54, 1.807) is 0 Å². The molecular weight excluding hydrogens is 302 g/mol. The van der Waals surface area contributed by atoms with Crippen LogP contribution in [0.3, 0.4) is 0 Å². The molecule has 1 spiro atoms. The van der Waals surface area contributed by atoms with E-state index in [2.05, 4.69) is 11.4 Å². The fourth-order valence-corrected chi connectivity index (χ4v) is 4.28. The maximum atomic E-state index is 13.0. The third-order valence-corrected chi connectivity index (χ3v) is 5.21. The van der Waals surface area contributed by atoms with Crippen molar-refractivity contribution in [3.05, 3.63) is 52.6 Å². The number of hydrogen-bond donors (Lipinski definition) is 2. The van der Waals surface area contributed by atoms with E-state index in [4.69, 9.17) is 10.5 Å². The summed E-state index contributed by atoms with van der Waals surface area (Å²) in [6.07, 6.45) is 1.08. The molecule has 0 aromatic heterocycles. The monoisotopic (exact) mass is 321 g/mol. The summed E-state index contributed by atoms with van der Waals surface area (Å²) in [5, 5.41) is 13.1. The Labute approximate surface area is 140 Å². The molecule has 0 bridgehead atoms. The van der Waals surface area contributed by atoms with Crippen LogP contribution in [0.25, 0.3) is 0 Å². The number of ketones is 1. The molecule has 3 aliphatic rings. The van der Waals surface area contributed by atoms with Gasteiger partial charge in [-0.05, 0) is 17.0 Å². The Hall–Kier alpha value is -2.74. The number of Topliss-reactive ketones (excluding diaryl/α,β-unsaturated/α-hetero) is 1. The molecule has 1 aromatic carbocycles. The second-order valence-corrected chi connectivity index (χ2v) is 7.50. The minimum Gasteiger partial charge on any atom is -0.444 e. The van der Waals surface area contributed by atoms with Gasteiger partial charge in [0, 0.05) is 25.1 Å². The minimum atomic E-state index is -0.837. The van der Waals surface area contributed by atoms with Crippen molar-refractivity contribution in [2.24, 2.45) is 11.1 Å². The first-order valence-corrected chi connectivity index (χ1v) is 8.07. The Bertz CT molecular complexity index is 873. The zero-order chi connectivity index (χ0) is 17.1. The molecule has 5 heteroatoms. The van der Waals surface area contributed by atoms with Crippen LogP contribution in [0.4, 0.5) is 5.69 Å². The third-order valence-electron chi connectivity index (χ3n) is 5.21. The van der Waals surface area contributed by atoms with Crippen LogP contribution in [0.1, 0.15) is 32.3 Å². The van der Waals surface area contributed by atoms with Gasteiger partial charge in [0.05, 0.1) is 11.0 Å². The van der Waals surface area contributed by atoms with Gasteiger partial charge < -0.3 is 15.8 Å². The van der Waals surface area contributed by atoms with Gasteiger partial charge in [-0.25, -0.2) is 0 Å². The summed E-state index contributed by atoms with van der Waals surface area (Å²) >= 11 is 0. The molecule has 3 N–H and O–H groups in total. The molecule has 4 rings (SSSR count). The van der Waals surface area contributed by atoms with Crippen molar-refractivity contribution >= 4 is 11.5 Å². The number of anilines is 1. The zero-order valence-electron chi connectivity index (χ0n) is 13.8. The zero-order valence-corrected chi connectivity index (χ0v) is 13.8. The molecule has 1 aliphatic carbocycles. The number of carbonyl (C=O) groups excluding carboxylic acids is 1. The van der Waals surface area contributed by atoms with Gasteiger partial charge >= 0.3 is 0 Å². The van der Waals surface area contributed by atoms with Gasteiger partial charge in [0.25, 0.3) is 0 Å². The van der Waals surface area contributed by atoms with Crippen LogP contribution in [-0.4, -0.2) is 12.3 Å². The highest BCUT2D eigenvalue weighted by molar-refractivity contribution is 6.02. The predicted molar refractivity (Wildman–Crippen MR) is 89.6 cm³/mol. The molecule has 0 radical (unpaired) electrons. The van der Waals surface area contributed by atoms with E-state index >= 15 is 0 Å². The molecule has 2 heterocycles. The number of nitriles is 1. The smallest absolute Gasteiger partial charge is 0.205 e. The number of carbonyl (C=O) groups is 1. The number of nitrogens with two attached hydrogens (primary N) is 1. The Balaban J connectivity index is 2.03. The standard InChI is InChI=1S/C19H19N3O2/c1-18(2)7-14(23)16-15(8-18)24-17(21)12(9-20)19(16)10-22-13-6-4-3-5-11(13)19/h3-6,22H,7-8,10,21H2,1-2H3. The molecule has 0 fully saturated rings. The summed E-state index contributed by atoms with van der Waals surface area (Å²) in [5.41, 5.74) is 7.88. The van der Waals surface area contributed by atoms with Crippen molar-refractivity contribution in [3.8, 4) is 6.07 Å². The average molecular weight is 321 g/mol. The molecule has 0 saturated carbocycles. The van der Waals surface area contributed by atoms with E-state index in [1.165, 1.54) is 0 Å². The molecule has 0 amide bonds. The SMILES string of the molecule is CC1(C)CC(=O)C2=C(C1)OC(N)=C(C#N)C21CNc2ccccc21. The molecule has 0 saturated heterocycles. The van der Waals surface area contributed by atoms with Crippen LogP contribution in [-0.2, 0) is 14.9 Å². The number of benzene rings is 1. The topological polar surface area (TPSA) is 88.1 Å². The van der Waals surface area contributed by atoms with Gasteiger partial charge in [0.1, 0.15) is 17.4 Å². The molecule has 1 unspecified atom stereocenters. The van der Waals surface area contributed by atoms with Crippen molar-refractivity contribution in [3.63, 3.8) is 0 Å². The van der Waals surface area contributed by atoms with E-state index in [-0.39, 0.29) is 17.1 Å².